The van der Waals surface area contributed by atoms with E-state index in [0.717, 1.165) is 44.1 Å². The van der Waals surface area contributed by atoms with Gasteiger partial charge >= 0.3 is 0 Å². The Kier molecular flexibility index (Phi) is 5.96. The molecule has 0 aliphatic heterocycles. The van der Waals surface area contributed by atoms with Crippen LogP contribution in [-0.2, 0) is 19.6 Å². The van der Waals surface area contributed by atoms with E-state index in [1.165, 1.54) is 11.1 Å². The van der Waals surface area contributed by atoms with Crippen molar-refractivity contribution < 1.29 is 4.52 Å². The summed E-state index contributed by atoms with van der Waals surface area (Å²) in [5.41, 5.74) is 3.59. The van der Waals surface area contributed by atoms with Crippen molar-refractivity contribution >= 4 is 0 Å². The van der Waals surface area contributed by atoms with Gasteiger partial charge in [0.15, 0.2) is 5.76 Å². The van der Waals surface area contributed by atoms with Gasteiger partial charge in [-0.05, 0) is 32.5 Å². The predicted molar refractivity (Wildman–Crippen MR) is 84.9 cm³/mol. The summed E-state index contributed by atoms with van der Waals surface area (Å²) in [6.07, 6.45) is 1.13. The number of nitrogens with zero attached hydrogens (tertiary/aromatic N) is 2. The molecule has 0 bridgehead atoms. The maximum absolute atomic E-state index is 5.40. The molecule has 0 saturated carbocycles. The molecule has 0 aliphatic carbocycles. The van der Waals surface area contributed by atoms with E-state index in [2.05, 4.69) is 60.5 Å². The molecule has 0 fully saturated rings. The molecule has 0 saturated heterocycles. The van der Waals surface area contributed by atoms with Crippen LogP contribution >= 0.6 is 0 Å². The summed E-state index contributed by atoms with van der Waals surface area (Å²) in [7, 11) is 2.10. The molecule has 1 aromatic carbocycles. The Bertz CT molecular complexity index is 550. The van der Waals surface area contributed by atoms with Crippen LogP contribution in [0.5, 0.6) is 0 Å². The van der Waals surface area contributed by atoms with Crippen LogP contribution in [0, 0.1) is 6.92 Å². The molecule has 0 unspecified atom stereocenters. The molecule has 0 amide bonds. The highest BCUT2D eigenvalue weighted by Crippen LogP contribution is 2.11. The molecular formula is C17H25N3O. The van der Waals surface area contributed by atoms with Crippen LogP contribution in [0.2, 0.25) is 0 Å². The predicted octanol–water partition coefficient (Wildman–Crippen LogP) is 3.11. The van der Waals surface area contributed by atoms with E-state index >= 15 is 0 Å². The zero-order valence-corrected chi connectivity index (χ0v) is 13.2. The fraction of sp³-hybridized carbons (Fsp3) is 0.471. The summed E-state index contributed by atoms with van der Waals surface area (Å²) in [5, 5.41) is 7.43. The summed E-state index contributed by atoms with van der Waals surface area (Å²) in [5.74, 6) is 0.915. The SMILES string of the molecule is CCCNCc1cc(CN(C)Cc2cccc(C)c2)on1. The molecule has 0 atom stereocenters. The van der Waals surface area contributed by atoms with Gasteiger partial charge in [0.05, 0.1) is 12.2 Å². The maximum atomic E-state index is 5.40. The van der Waals surface area contributed by atoms with Crippen molar-refractivity contribution in [3.63, 3.8) is 0 Å². The average Bonchev–Trinajstić information content (AvgIpc) is 2.86. The lowest BCUT2D eigenvalue weighted by molar-refractivity contribution is 0.265. The molecule has 1 heterocycles. The second kappa shape index (κ2) is 7.96. The van der Waals surface area contributed by atoms with E-state index in [0.29, 0.717) is 0 Å². The Labute approximate surface area is 127 Å². The fourth-order valence-corrected chi connectivity index (χ4v) is 2.35. The number of nitrogens with one attached hydrogen (secondary N) is 1. The molecule has 21 heavy (non-hydrogen) atoms. The lowest BCUT2D eigenvalue weighted by Crippen LogP contribution is -2.17. The van der Waals surface area contributed by atoms with Crippen LogP contribution in [0.15, 0.2) is 34.9 Å². The standard InChI is InChI=1S/C17H25N3O/c1-4-8-18-11-16-10-17(21-19-16)13-20(3)12-15-7-5-6-14(2)9-15/h5-7,9-10,18H,4,8,11-13H2,1-3H3. The first-order valence-corrected chi connectivity index (χ1v) is 7.56. The zero-order valence-electron chi connectivity index (χ0n) is 13.2. The van der Waals surface area contributed by atoms with Crippen LogP contribution < -0.4 is 5.32 Å². The first-order valence-electron chi connectivity index (χ1n) is 7.56. The van der Waals surface area contributed by atoms with E-state index < -0.39 is 0 Å². The van der Waals surface area contributed by atoms with Crippen LogP contribution in [0.25, 0.3) is 0 Å². The zero-order chi connectivity index (χ0) is 15.1. The van der Waals surface area contributed by atoms with Crippen molar-refractivity contribution in [1.82, 2.24) is 15.4 Å². The Morgan fingerprint density at radius 3 is 2.86 bits per heavy atom. The van der Waals surface area contributed by atoms with Crippen LogP contribution in [0.4, 0.5) is 0 Å². The molecule has 0 radical (unpaired) electrons. The summed E-state index contributed by atoms with van der Waals surface area (Å²) in [6, 6.07) is 10.6. The van der Waals surface area contributed by atoms with Gasteiger partial charge in [-0.1, -0.05) is 41.9 Å². The van der Waals surface area contributed by atoms with Gasteiger partial charge < -0.3 is 9.84 Å². The molecule has 1 aromatic heterocycles. The average molecular weight is 287 g/mol. The molecule has 0 spiro atoms. The van der Waals surface area contributed by atoms with Crippen molar-refractivity contribution in [2.75, 3.05) is 13.6 Å². The van der Waals surface area contributed by atoms with Crippen molar-refractivity contribution in [2.45, 2.75) is 39.9 Å². The van der Waals surface area contributed by atoms with E-state index in [1.807, 2.05) is 6.07 Å². The highest BCUT2D eigenvalue weighted by atomic mass is 16.5. The molecule has 4 nitrogen and oxygen atoms in total. The van der Waals surface area contributed by atoms with Gasteiger partial charge in [0.25, 0.3) is 0 Å². The quantitative estimate of drug-likeness (QED) is 0.757. The summed E-state index contributed by atoms with van der Waals surface area (Å²) < 4.78 is 5.40. The minimum absolute atomic E-state index is 0.773. The Morgan fingerprint density at radius 1 is 1.24 bits per heavy atom. The third kappa shape index (κ3) is 5.33. The van der Waals surface area contributed by atoms with Gasteiger partial charge in [-0.3, -0.25) is 4.90 Å². The Balaban J connectivity index is 1.83. The van der Waals surface area contributed by atoms with Gasteiger partial charge in [-0.2, -0.15) is 0 Å². The van der Waals surface area contributed by atoms with Gasteiger partial charge in [-0.15, -0.1) is 0 Å². The third-order valence-corrected chi connectivity index (χ3v) is 3.30. The lowest BCUT2D eigenvalue weighted by atomic mass is 10.1. The largest absolute Gasteiger partial charge is 0.360 e. The second-order valence-electron chi connectivity index (χ2n) is 5.62. The minimum atomic E-state index is 0.773. The van der Waals surface area contributed by atoms with Gasteiger partial charge in [0.2, 0.25) is 0 Å². The van der Waals surface area contributed by atoms with Crippen molar-refractivity contribution in [3.8, 4) is 0 Å². The molecular weight excluding hydrogens is 262 g/mol. The van der Waals surface area contributed by atoms with Gasteiger partial charge in [0, 0.05) is 19.2 Å². The van der Waals surface area contributed by atoms with Crippen molar-refractivity contribution in [2.24, 2.45) is 0 Å². The fourth-order valence-electron chi connectivity index (χ4n) is 2.35. The van der Waals surface area contributed by atoms with E-state index in [9.17, 15) is 0 Å². The lowest BCUT2D eigenvalue weighted by Gasteiger charge is -2.14. The van der Waals surface area contributed by atoms with Crippen molar-refractivity contribution in [1.29, 1.82) is 0 Å². The summed E-state index contributed by atoms with van der Waals surface area (Å²) >= 11 is 0. The summed E-state index contributed by atoms with van der Waals surface area (Å²) in [6.45, 7) is 7.74. The highest BCUT2D eigenvalue weighted by Gasteiger charge is 2.08. The smallest absolute Gasteiger partial charge is 0.151 e. The maximum Gasteiger partial charge on any atom is 0.151 e. The normalized spacial score (nSPS) is 11.2. The second-order valence-corrected chi connectivity index (χ2v) is 5.62. The van der Waals surface area contributed by atoms with Crippen LogP contribution in [0.1, 0.15) is 35.9 Å². The molecule has 4 heteroatoms. The number of aromatic nitrogens is 1. The highest BCUT2D eigenvalue weighted by molar-refractivity contribution is 5.22. The monoisotopic (exact) mass is 287 g/mol. The van der Waals surface area contributed by atoms with E-state index in [-0.39, 0.29) is 0 Å². The number of rotatable bonds is 8. The van der Waals surface area contributed by atoms with Crippen molar-refractivity contribution in [3.05, 3.63) is 52.9 Å². The molecule has 2 rings (SSSR count). The van der Waals surface area contributed by atoms with Gasteiger partial charge in [-0.25, -0.2) is 0 Å². The topological polar surface area (TPSA) is 41.3 Å². The molecule has 1 N–H and O–H groups in total. The molecule has 2 aromatic rings. The Morgan fingerprint density at radius 2 is 2.10 bits per heavy atom. The van der Waals surface area contributed by atoms with Gasteiger partial charge in [0.1, 0.15) is 0 Å². The number of hydrogen-bond donors (Lipinski definition) is 1. The first-order chi connectivity index (χ1) is 10.2. The first kappa shape index (κ1) is 15.7. The van der Waals surface area contributed by atoms with Crippen LogP contribution in [-0.4, -0.2) is 23.6 Å². The minimum Gasteiger partial charge on any atom is -0.360 e. The Hall–Kier alpha value is -1.65. The van der Waals surface area contributed by atoms with E-state index in [1.54, 1.807) is 0 Å². The number of benzene rings is 1. The number of hydrogen-bond acceptors (Lipinski definition) is 4. The molecule has 114 valence electrons. The summed E-state index contributed by atoms with van der Waals surface area (Å²) in [4.78, 5) is 2.23. The molecule has 0 aliphatic rings. The number of aryl methyl sites for hydroxylation is 1. The van der Waals surface area contributed by atoms with E-state index in [4.69, 9.17) is 4.52 Å². The third-order valence-electron chi connectivity index (χ3n) is 3.30. The van der Waals surface area contributed by atoms with Crippen LogP contribution in [0.3, 0.4) is 0 Å².